The van der Waals surface area contributed by atoms with Gasteiger partial charge in [0.1, 0.15) is 0 Å². The Hall–Kier alpha value is -1.55. The van der Waals surface area contributed by atoms with E-state index < -0.39 is 0 Å². The van der Waals surface area contributed by atoms with E-state index in [1.807, 2.05) is 26.8 Å². The number of nitrogen functional groups attached to an aromatic ring is 1. The van der Waals surface area contributed by atoms with Crippen molar-refractivity contribution in [1.29, 1.82) is 0 Å². The minimum Gasteiger partial charge on any atom is -0.397 e. The van der Waals surface area contributed by atoms with E-state index in [2.05, 4.69) is 10.1 Å². The smallest absolute Gasteiger partial charge is 0.156 e. The zero-order valence-electron chi connectivity index (χ0n) is 9.45. The second-order valence-corrected chi connectivity index (χ2v) is 4.18. The minimum atomic E-state index is 0.647. The lowest BCUT2D eigenvalue weighted by molar-refractivity contribution is 0.799. The van der Waals surface area contributed by atoms with Crippen LogP contribution in [0.5, 0.6) is 0 Å². The highest BCUT2D eigenvalue weighted by Gasteiger charge is 2.13. The summed E-state index contributed by atoms with van der Waals surface area (Å²) in [5.41, 5.74) is 8.97. The molecule has 0 aliphatic carbocycles. The van der Waals surface area contributed by atoms with Crippen molar-refractivity contribution in [3.05, 3.63) is 34.2 Å². The average Bonchev–Trinajstić information content (AvgIpc) is 2.46. The quantitative estimate of drug-likeness (QED) is 0.827. The standard InChI is InChI=1S/C11H13ClN4/c1-6-4-9(13)5-14-11(6)16-8(3)10(12)7(2)15-16/h4-5H,13H2,1-3H3. The summed E-state index contributed by atoms with van der Waals surface area (Å²) < 4.78 is 1.74. The Morgan fingerprint density at radius 1 is 1.31 bits per heavy atom. The van der Waals surface area contributed by atoms with E-state index in [1.54, 1.807) is 10.9 Å². The van der Waals surface area contributed by atoms with E-state index in [0.717, 1.165) is 22.8 Å². The molecule has 0 saturated heterocycles. The highest BCUT2D eigenvalue weighted by atomic mass is 35.5. The number of aromatic nitrogens is 3. The number of pyridine rings is 1. The van der Waals surface area contributed by atoms with Gasteiger partial charge in [0.25, 0.3) is 0 Å². The molecule has 16 heavy (non-hydrogen) atoms. The van der Waals surface area contributed by atoms with Gasteiger partial charge in [-0.05, 0) is 32.4 Å². The van der Waals surface area contributed by atoms with E-state index in [1.165, 1.54) is 0 Å². The lowest BCUT2D eigenvalue weighted by atomic mass is 10.2. The molecule has 84 valence electrons. The minimum absolute atomic E-state index is 0.647. The summed E-state index contributed by atoms with van der Waals surface area (Å²) in [4.78, 5) is 4.28. The van der Waals surface area contributed by atoms with Gasteiger partial charge in [0.15, 0.2) is 5.82 Å². The zero-order valence-corrected chi connectivity index (χ0v) is 10.2. The highest BCUT2D eigenvalue weighted by molar-refractivity contribution is 6.31. The molecule has 4 nitrogen and oxygen atoms in total. The summed E-state index contributed by atoms with van der Waals surface area (Å²) in [5.74, 6) is 0.765. The van der Waals surface area contributed by atoms with Crippen LogP contribution in [0.4, 0.5) is 5.69 Å². The third-order valence-corrected chi connectivity index (χ3v) is 3.02. The van der Waals surface area contributed by atoms with Crippen LogP contribution in [0.3, 0.4) is 0 Å². The topological polar surface area (TPSA) is 56.7 Å². The molecule has 0 fully saturated rings. The normalized spacial score (nSPS) is 10.8. The molecule has 2 rings (SSSR count). The Bertz CT molecular complexity index is 545. The maximum absolute atomic E-state index is 6.10. The molecule has 2 N–H and O–H groups in total. The third-order valence-electron chi connectivity index (χ3n) is 2.48. The second-order valence-electron chi connectivity index (χ2n) is 3.81. The van der Waals surface area contributed by atoms with Crippen molar-refractivity contribution in [2.24, 2.45) is 0 Å². The Morgan fingerprint density at radius 2 is 2.00 bits per heavy atom. The van der Waals surface area contributed by atoms with Crippen molar-refractivity contribution < 1.29 is 0 Å². The highest BCUT2D eigenvalue weighted by Crippen LogP contribution is 2.23. The Labute approximate surface area is 99.1 Å². The molecule has 0 aliphatic heterocycles. The van der Waals surface area contributed by atoms with E-state index in [9.17, 15) is 0 Å². The molecule has 0 saturated carbocycles. The van der Waals surface area contributed by atoms with Crippen LogP contribution in [-0.2, 0) is 0 Å². The fraction of sp³-hybridized carbons (Fsp3) is 0.273. The average molecular weight is 237 g/mol. The van der Waals surface area contributed by atoms with Crippen LogP contribution in [0.2, 0.25) is 5.02 Å². The van der Waals surface area contributed by atoms with Gasteiger partial charge in [-0.1, -0.05) is 11.6 Å². The number of nitrogens with zero attached hydrogens (tertiary/aromatic N) is 3. The van der Waals surface area contributed by atoms with Gasteiger partial charge in [0.05, 0.1) is 28.3 Å². The summed E-state index contributed by atoms with van der Waals surface area (Å²) >= 11 is 6.10. The first-order valence-electron chi connectivity index (χ1n) is 4.95. The zero-order chi connectivity index (χ0) is 11.9. The molecule has 0 aromatic carbocycles. The fourth-order valence-electron chi connectivity index (χ4n) is 1.64. The van der Waals surface area contributed by atoms with Gasteiger partial charge in [-0.2, -0.15) is 5.10 Å². The van der Waals surface area contributed by atoms with E-state index in [-0.39, 0.29) is 0 Å². The maximum Gasteiger partial charge on any atom is 0.156 e. The van der Waals surface area contributed by atoms with Crippen LogP contribution in [0.25, 0.3) is 5.82 Å². The molecule has 0 bridgehead atoms. The summed E-state index contributed by atoms with van der Waals surface area (Å²) in [7, 11) is 0. The van der Waals surface area contributed by atoms with E-state index in [0.29, 0.717) is 10.7 Å². The number of halogens is 1. The molecule has 2 aromatic heterocycles. The molecule has 0 aliphatic rings. The van der Waals surface area contributed by atoms with Crippen molar-refractivity contribution in [2.75, 3.05) is 5.73 Å². The first-order valence-corrected chi connectivity index (χ1v) is 5.32. The Kier molecular flexibility index (Phi) is 2.59. The van der Waals surface area contributed by atoms with Gasteiger partial charge < -0.3 is 5.73 Å². The summed E-state index contributed by atoms with van der Waals surface area (Å²) in [5, 5.41) is 5.03. The van der Waals surface area contributed by atoms with Crippen LogP contribution in [-0.4, -0.2) is 14.8 Å². The van der Waals surface area contributed by atoms with Gasteiger partial charge >= 0.3 is 0 Å². The molecule has 5 heteroatoms. The van der Waals surface area contributed by atoms with Crippen molar-refractivity contribution >= 4 is 17.3 Å². The Morgan fingerprint density at radius 3 is 2.50 bits per heavy atom. The van der Waals surface area contributed by atoms with Gasteiger partial charge in [-0.15, -0.1) is 0 Å². The van der Waals surface area contributed by atoms with Crippen molar-refractivity contribution in [3.8, 4) is 5.82 Å². The molecular weight excluding hydrogens is 224 g/mol. The molecule has 2 aromatic rings. The van der Waals surface area contributed by atoms with Crippen LogP contribution in [0.15, 0.2) is 12.3 Å². The van der Waals surface area contributed by atoms with E-state index >= 15 is 0 Å². The van der Waals surface area contributed by atoms with Crippen molar-refractivity contribution in [3.63, 3.8) is 0 Å². The molecule has 0 spiro atoms. The first-order chi connectivity index (χ1) is 7.50. The SMILES string of the molecule is Cc1cc(N)cnc1-n1nc(C)c(Cl)c1C. The molecule has 2 heterocycles. The number of hydrogen-bond acceptors (Lipinski definition) is 3. The van der Waals surface area contributed by atoms with Gasteiger partial charge in [0.2, 0.25) is 0 Å². The molecule has 0 radical (unpaired) electrons. The molecular formula is C11H13ClN4. The summed E-state index contributed by atoms with van der Waals surface area (Å²) in [6, 6.07) is 1.87. The molecule has 0 atom stereocenters. The predicted octanol–water partition coefficient (Wildman–Crippen LogP) is 2.43. The molecule has 0 unspecified atom stereocenters. The number of anilines is 1. The fourth-order valence-corrected chi connectivity index (χ4v) is 1.76. The van der Waals surface area contributed by atoms with E-state index in [4.69, 9.17) is 17.3 Å². The Balaban J connectivity index is 2.63. The lowest BCUT2D eigenvalue weighted by Gasteiger charge is -2.07. The maximum atomic E-state index is 6.10. The summed E-state index contributed by atoms with van der Waals surface area (Å²) in [6.45, 7) is 5.74. The number of hydrogen-bond donors (Lipinski definition) is 1. The lowest BCUT2D eigenvalue weighted by Crippen LogP contribution is -2.05. The largest absolute Gasteiger partial charge is 0.397 e. The van der Waals surface area contributed by atoms with Crippen molar-refractivity contribution in [1.82, 2.24) is 14.8 Å². The molecule has 0 amide bonds. The van der Waals surface area contributed by atoms with Crippen LogP contribution >= 0.6 is 11.6 Å². The monoisotopic (exact) mass is 236 g/mol. The first kappa shape index (κ1) is 11.0. The predicted molar refractivity (Wildman–Crippen MR) is 65.0 cm³/mol. The van der Waals surface area contributed by atoms with Gasteiger partial charge in [0, 0.05) is 0 Å². The second kappa shape index (κ2) is 3.79. The number of aryl methyl sites for hydroxylation is 2. The summed E-state index contributed by atoms with van der Waals surface area (Å²) in [6.07, 6.45) is 1.62. The number of rotatable bonds is 1. The van der Waals surface area contributed by atoms with Crippen molar-refractivity contribution in [2.45, 2.75) is 20.8 Å². The van der Waals surface area contributed by atoms with Crippen LogP contribution in [0.1, 0.15) is 17.0 Å². The van der Waals surface area contributed by atoms with Crippen LogP contribution < -0.4 is 5.73 Å². The van der Waals surface area contributed by atoms with Gasteiger partial charge in [-0.25, -0.2) is 9.67 Å². The number of nitrogens with two attached hydrogens (primary N) is 1. The third kappa shape index (κ3) is 1.65. The van der Waals surface area contributed by atoms with Crippen LogP contribution in [0, 0.1) is 20.8 Å². The van der Waals surface area contributed by atoms with Gasteiger partial charge in [-0.3, -0.25) is 0 Å².